The van der Waals surface area contributed by atoms with Gasteiger partial charge in [-0.25, -0.2) is 0 Å². The number of hydrogen-bond donors (Lipinski definition) is 1. The summed E-state index contributed by atoms with van der Waals surface area (Å²) in [5, 5.41) is 11.8. The molecule has 1 aromatic carbocycles. The minimum absolute atomic E-state index is 0.159. The Morgan fingerprint density at radius 2 is 2.40 bits per heavy atom. The quantitative estimate of drug-likeness (QED) is 0.802. The van der Waals surface area contributed by atoms with Gasteiger partial charge in [0.05, 0.1) is 24.5 Å². The van der Waals surface area contributed by atoms with Crippen molar-refractivity contribution >= 4 is 17.9 Å². The smallest absolute Gasteiger partial charge is 0.244 e. The lowest BCUT2D eigenvalue weighted by Crippen LogP contribution is -2.53. The van der Waals surface area contributed by atoms with Gasteiger partial charge in [-0.05, 0) is 18.2 Å². The third-order valence-electron chi connectivity index (χ3n) is 3.26. The molecule has 1 saturated heterocycles. The molecule has 1 amide bonds. The van der Waals surface area contributed by atoms with Gasteiger partial charge in [0.1, 0.15) is 18.4 Å². The lowest BCUT2D eigenvalue weighted by atomic mass is 10.1. The molecular weight excluding hydrogens is 258 g/mol. The van der Waals surface area contributed by atoms with Gasteiger partial charge in [0.2, 0.25) is 5.91 Å². The van der Waals surface area contributed by atoms with Gasteiger partial charge in [-0.1, -0.05) is 0 Å². The number of amides is 1. The van der Waals surface area contributed by atoms with Crippen molar-refractivity contribution in [3.8, 4) is 6.07 Å². The molecule has 0 spiro atoms. The normalized spacial score (nSPS) is 18.2. The van der Waals surface area contributed by atoms with Crippen LogP contribution in [0.3, 0.4) is 0 Å². The molecule has 2 rings (SSSR count). The lowest BCUT2D eigenvalue weighted by molar-refractivity contribution is -0.124. The number of nitriles is 1. The molecule has 20 heavy (non-hydrogen) atoms. The number of nitrogens with one attached hydrogen (secondary N) is 1. The van der Waals surface area contributed by atoms with E-state index in [1.165, 1.54) is 6.07 Å². The maximum Gasteiger partial charge on any atom is 0.244 e. The van der Waals surface area contributed by atoms with Gasteiger partial charge in [0.15, 0.2) is 0 Å². The average molecular weight is 273 g/mol. The molecule has 1 unspecified atom stereocenters. The molecule has 6 nitrogen and oxygen atoms in total. The number of likely N-dealkylation sites (N-methyl/N-ethyl adjacent to an activating group) is 1. The highest BCUT2D eigenvalue weighted by atomic mass is 16.5. The largest absolute Gasteiger partial charge is 0.377 e. The molecule has 1 aromatic rings. The minimum Gasteiger partial charge on any atom is -0.377 e. The van der Waals surface area contributed by atoms with Crippen LogP contribution in [0.1, 0.15) is 15.9 Å². The summed E-state index contributed by atoms with van der Waals surface area (Å²) < 4.78 is 5.33. The molecule has 1 aliphatic rings. The third-order valence-corrected chi connectivity index (χ3v) is 3.26. The van der Waals surface area contributed by atoms with Crippen LogP contribution in [0.5, 0.6) is 0 Å². The van der Waals surface area contributed by atoms with Crippen LogP contribution in [0, 0.1) is 11.3 Å². The first-order chi connectivity index (χ1) is 9.71. The van der Waals surface area contributed by atoms with Gasteiger partial charge < -0.3 is 15.0 Å². The molecule has 0 bridgehead atoms. The minimum atomic E-state index is -0.470. The highest BCUT2D eigenvalue weighted by Crippen LogP contribution is 2.25. The standard InChI is InChI=1S/C14H15N3O3/c1-16-14(19)13-9-20-5-4-17(13)12-3-2-10(8-18)6-11(12)7-15/h2-3,6,8,13H,4-5,9H2,1H3,(H,16,19). The number of morpholine rings is 1. The number of aldehydes is 1. The summed E-state index contributed by atoms with van der Waals surface area (Å²) in [5.74, 6) is -0.159. The zero-order valence-electron chi connectivity index (χ0n) is 11.1. The second-order valence-electron chi connectivity index (χ2n) is 4.40. The summed E-state index contributed by atoms with van der Waals surface area (Å²) in [4.78, 5) is 24.5. The first kappa shape index (κ1) is 14.0. The predicted octanol–water partition coefficient (Wildman–Crippen LogP) is 0.322. The molecule has 1 fully saturated rings. The number of anilines is 1. The molecule has 0 radical (unpaired) electrons. The average Bonchev–Trinajstić information content (AvgIpc) is 2.53. The summed E-state index contributed by atoms with van der Waals surface area (Å²) in [7, 11) is 1.57. The first-order valence-electron chi connectivity index (χ1n) is 6.26. The monoisotopic (exact) mass is 273 g/mol. The Balaban J connectivity index is 2.40. The summed E-state index contributed by atoms with van der Waals surface area (Å²) in [5.41, 5.74) is 1.47. The summed E-state index contributed by atoms with van der Waals surface area (Å²) in [6, 6.07) is 6.47. The van der Waals surface area contributed by atoms with E-state index < -0.39 is 6.04 Å². The number of carbonyl (C=O) groups is 2. The first-order valence-corrected chi connectivity index (χ1v) is 6.26. The summed E-state index contributed by atoms with van der Waals surface area (Å²) >= 11 is 0. The van der Waals surface area contributed by atoms with E-state index in [4.69, 9.17) is 4.74 Å². The Kier molecular flexibility index (Phi) is 4.33. The van der Waals surface area contributed by atoms with Gasteiger partial charge >= 0.3 is 0 Å². The van der Waals surface area contributed by atoms with E-state index in [0.717, 1.165) is 0 Å². The molecule has 1 aliphatic heterocycles. The number of ether oxygens (including phenoxy) is 1. The van der Waals surface area contributed by atoms with Crippen molar-refractivity contribution in [3.05, 3.63) is 29.3 Å². The predicted molar refractivity (Wildman–Crippen MR) is 72.6 cm³/mol. The fourth-order valence-electron chi connectivity index (χ4n) is 2.24. The fraction of sp³-hybridized carbons (Fsp3) is 0.357. The topological polar surface area (TPSA) is 82.4 Å². The molecule has 104 valence electrons. The van der Waals surface area contributed by atoms with Crippen LogP contribution in [0.2, 0.25) is 0 Å². The van der Waals surface area contributed by atoms with E-state index in [0.29, 0.717) is 36.3 Å². The van der Waals surface area contributed by atoms with Crippen molar-refractivity contribution < 1.29 is 14.3 Å². The Morgan fingerprint density at radius 3 is 3.05 bits per heavy atom. The van der Waals surface area contributed by atoms with Crippen molar-refractivity contribution in [2.45, 2.75) is 6.04 Å². The number of carbonyl (C=O) groups excluding carboxylic acids is 2. The number of hydrogen-bond acceptors (Lipinski definition) is 5. The van der Waals surface area contributed by atoms with Crippen molar-refractivity contribution in [3.63, 3.8) is 0 Å². The zero-order chi connectivity index (χ0) is 14.5. The summed E-state index contributed by atoms with van der Waals surface area (Å²) in [6.07, 6.45) is 0.695. The highest BCUT2D eigenvalue weighted by molar-refractivity contribution is 5.86. The molecular formula is C14H15N3O3. The van der Waals surface area contributed by atoms with Crippen LogP contribution in [0.25, 0.3) is 0 Å². The van der Waals surface area contributed by atoms with Crippen LogP contribution < -0.4 is 10.2 Å². The SMILES string of the molecule is CNC(=O)C1COCCN1c1ccc(C=O)cc1C#N. The Hall–Kier alpha value is -2.39. The van der Waals surface area contributed by atoms with Crippen molar-refractivity contribution in [1.82, 2.24) is 5.32 Å². The number of nitrogens with zero attached hydrogens (tertiary/aromatic N) is 2. The fourth-order valence-corrected chi connectivity index (χ4v) is 2.24. The van der Waals surface area contributed by atoms with Crippen LogP contribution in [-0.2, 0) is 9.53 Å². The maximum atomic E-state index is 11.9. The van der Waals surface area contributed by atoms with E-state index in [1.54, 1.807) is 19.2 Å². The van der Waals surface area contributed by atoms with Gasteiger partial charge in [-0.3, -0.25) is 9.59 Å². The molecule has 0 aromatic heterocycles. The number of rotatable bonds is 3. The van der Waals surface area contributed by atoms with Gasteiger partial charge in [-0.15, -0.1) is 0 Å². The Bertz CT molecular complexity index is 565. The van der Waals surface area contributed by atoms with Crippen molar-refractivity contribution in [2.24, 2.45) is 0 Å². The van der Waals surface area contributed by atoms with Gasteiger partial charge in [0.25, 0.3) is 0 Å². The van der Waals surface area contributed by atoms with Crippen LogP contribution in [-0.4, -0.2) is 45.0 Å². The lowest BCUT2D eigenvalue weighted by Gasteiger charge is -2.36. The second-order valence-corrected chi connectivity index (χ2v) is 4.40. The number of benzene rings is 1. The zero-order valence-corrected chi connectivity index (χ0v) is 11.1. The third kappa shape index (κ3) is 2.63. The molecule has 1 heterocycles. The van der Waals surface area contributed by atoms with Crippen molar-refractivity contribution in [1.29, 1.82) is 5.26 Å². The van der Waals surface area contributed by atoms with E-state index in [-0.39, 0.29) is 12.5 Å². The molecule has 6 heteroatoms. The molecule has 0 saturated carbocycles. The summed E-state index contributed by atoms with van der Waals surface area (Å²) in [6.45, 7) is 1.29. The molecule has 1 N–H and O–H groups in total. The molecule has 0 aliphatic carbocycles. The van der Waals surface area contributed by atoms with E-state index in [2.05, 4.69) is 11.4 Å². The van der Waals surface area contributed by atoms with Crippen LogP contribution in [0.15, 0.2) is 18.2 Å². The highest BCUT2D eigenvalue weighted by Gasteiger charge is 2.30. The van der Waals surface area contributed by atoms with Crippen molar-refractivity contribution in [2.75, 3.05) is 31.7 Å². The van der Waals surface area contributed by atoms with Gasteiger partial charge in [-0.2, -0.15) is 5.26 Å². The van der Waals surface area contributed by atoms with E-state index in [1.807, 2.05) is 4.90 Å². The molecule has 1 atom stereocenters. The van der Waals surface area contributed by atoms with Gasteiger partial charge in [0, 0.05) is 19.2 Å². The van der Waals surface area contributed by atoms with Crippen LogP contribution in [0.4, 0.5) is 5.69 Å². The van der Waals surface area contributed by atoms with E-state index >= 15 is 0 Å². The Labute approximate surface area is 116 Å². The maximum absolute atomic E-state index is 11.9. The van der Waals surface area contributed by atoms with Crippen LogP contribution >= 0.6 is 0 Å². The van der Waals surface area contributed by atoms with E-state index in [9.17, 15) is 14.9 Å². The second kappa shape index (κ2) is 6.17. The Morgan fingerprint density at radius 1 is 1.60 bits per heavy atom.